The lowest BCUT2D eigenvalue weighted by Crippen LogP contribution is -1.98. The van der Waals surface area contributed by atoms with Gasteiger partial charge in [-0.15, -0.1) is 0 Å². The van der Waals surface area contributed by atoms with Crippen molar-refractivity contribution in [1.29, 1.82) is 0 Å². The zero-order valence-corrected chi connectivity index (χ0v) is 12.1. The number of ether oxygens (including phenoxy) is 2. The van der Waals surface area contributed by atoms with Gasteiger partial charge in [0.1, 0.15) is 36.6 Å². The third-order valence-electron chi connectivity index (χ3n) is 3.17. The Balaban J connectivity index is 1.74. The maximum atomic E-state index is 13.4. The van der Waals surface area contributed by atoms with Crippen LogP contribution in [0.4, 0.5) is 4.39 Å². The molecule has 104 valence electrons. The van der Waals surface area contributed by atoms with Crippen LogP contribution < -0.4 is 9.47 Å². The summed E-state index contributed by atoms with van der Waals surface area (Å²) < 4.78 is 24.8. The molecule has 0 aliphatic carbocycles. The van der Waals surface area contributed by atoms with Crippen LogP contribution in [0.1, 0.15) is 17.2 Å². The van der Waals surface area contributed by atoms with Gasteiger partial charge in [-0.2, -0.15) is 0 Å². The van der Waals surface area contributed by atoms with Gasteiger partial charge in [-0.3, -0.25) is 0 Å². The van der Waals surface area contributed by atoms with Crippen LogP contribution in [0.5, 0.6) is 11.5 Å². The van der Waals surface area contributed by atoms with Crippen molar-refractivity contribution in [3.05, 3.63) is 57.8 Å². The van der Waals surface area contributed by atoms with E-state index in [9.17, 15) is 9.50 Å². The van der Waals surface area contributed by atoms with Gasteiger partial charge in [0.05, 0.1) is 4.47 Å². The van der Waals surface area contributed by atoms with Crippen molar-refractivity contribution in [3.63, 3.8) is 0 Å². The molecule has 1 aliphatic rings. The summed E-state index contributed by atoms with van der Waals surface area (Å²) in [6.45, 7) is 0.522. The number of rotatable bonds is 3. The number of hydrogen-bond donors (Lipinski definition) is 1. The molecule has 1 atom stereocenters. The van der Waals surface area contributed by atoms with E-state index in [0.717, 1.165) is 11.1 Å². The van der Waals surface area contributed by atoms with E-state index in [4.69, 9.17) is 9.47 Å². The number of halogens is 2. The number of aliphatic hydroxyl groups excluding tert-OH is 1. The Bertz CT molecular complexity index is 645. The zero-order valence-electron chi connectivity index (χ0n) is 10.5. The molecule has 0 bridgehead atoms. The molecule has 1 heterocycles. The first-order valence-electron chi connectivity index (χ1n) is 6.15. The molecule has 0 amide bonds. The van der Waals surface area contributed by atoms with E-state index in [1.54, 1.807) is 30.3 Å². The number of fused-ring (bicyclic) bond motifs is 1. The Hall–Kier alpha value is -1.59. The molecule has 20 heavy (non-hydrogen) atoms. The van der Waals surface area contributed by atoms with Crippen LogP contribution in [0.3, 0.4) is 0 Å². The Kier molecular flexibility index (Phi) is 3.63. The van der Waals surface area contributed by atoms with Crippen molar-refractivity contribution in [2.45, 2.75) is 12.7 Å². The Morgan fingerprint density at radius 3 is 3.05 bits per heavy atom. The molecule has 1 N–H and O–H groups in total. The number of benzene rings is 2. The fourth-order valence-electron chi connectivity index (χ4n) is 2.08. The van der Waals surface area contributed by atoms with Gasteiger partial charge in [0, 0.05) is 17.2 Å². The Morgan fingerprint density at radius 2 is 2.20 bits per heavy atom. The highest BCUT2D eigenvalue weighted by atomic mass is 79.9. The minimum absolute atomic E-state index is 0.250. The molecule has 5 heteroatoms. The van der Waals surface area contributed by atoms with Crippen LogP contribution in [0.2, 0.25) is 0 Å². The largest absolute Gasteiger partial charge is 0.490 e. The molecule has 0 aromatic heterocycles. The Labute approximate surface area is 124 Å². The molecular weight excluding hydrogens is 327 g/mol. The zero-order chi connectivity index (χ0) is 14.1. The van der Waals surface area contributed by atoms with Crippen molar-refractivity contribution in [1.82, 2.24) is 0 Å². The molecular formula is C15H12BrFO3. The summed E-state index contributed by atoms with van der Waals surface area (Å²) in [5.74, 6) is 0.939. The van der Waals surface area contributed by atoms with Crippen LogP contribution in [0.25, 0.3) is 0 Å². The SMILES string of the molecule is OC1COc2cc(OCc3cccc(F)c3Br)ccc21. The summed E-state index contributed by atoms with van der Waals surface area (Å²) in [6, 6.07) is 10.1. The number of hydrogen-bond acceptors (Lipinski definition) is 3. The molecule has 1 aliphatic heterocycles. The van der Waals surface area contributed by atoms with Gasteiger partial charge in [-0.25, -0.2) is 4.39 Å². The average molecular weight is 339 g/mol. The lowest BCUT2D eigenvalue weighted by molar-refractivity contribution is 0.140. The lowest BCUT2D eigenvalue weighted by atomic mass is 10.1. The first-order valence-corrected chi connectivity index (χ1v) is 6.95. The molecule has 0 fully saturated rings. The Morgan fingerprint density at radius 1 is 1.35 bits per heavy atom. The molecule has 2 aromatic rings. The standard InChI is InChI=1S/C15H12BrFO3/c16-15-9(2-1-3-12(15)17)7-19-10-4-5-11-13(18)8-20-14(11)6-10/h1-6,13,18H,7-8H2. The van der Waals surface area contributed by atoms with Gasteiger partial charge in [-0.05, 0) is 34.1 Å². The third-order valence-corrected chi connectivity index (χ3v) is 4.05. The molecule has 0 saturated heterocycles. The number of aliphatic hydroxyl groups is 1. The highest BCUT2D eigenvalue weighted by Gasteiger charge is 2.22. The smallest absolute Gasteiger partial charge is 0.137 e. The van der Waals surface area contributed by atoms with Crippen LogP contribution in [-0.4, -0.2) is 11.7 Å². The van der Waals surface area contributed by atoms with Crippen LogP contribution in [0.15, 0.2) is 40.9 Å². The maximum absolute atomic E-state index is 13.4. The van der Waals surface area contributed by atoms with Gasteiger partial charge in [-0.1, -0.05) is 12.1 Å². The van der Waals surface area contributed by atoms with Crippen molar-refractivity contribution in [3.8, 4) is 11.5 Å². The quantitative estimate of drug-likeness (QED) is 0.929. The van der Waals surface area contributed by atoms with Gasteiger partial charge >= 0.3 is 0 Å². The summed E-state index contributed by atoms with van der Waals surface area (Å²) in [5, 5.41) is 9.63. The highest BCUT2D eigenvalue weighted by molar-refractivity contribution is 9.10. The maximum Gasteiger partial charge on any atom is 0.137 e. The fraction of sp³-hybridized carbons (Fsp3) is 0.200. The van der Waals surface area contributed by atoms with Crippen LogP contribution >= 0.6 is 15.9 Å². The lowest BCUT2D eigenvalue weighted by Gasteiger charge is -2.09. The van der Waals surface area contributed by atoms with E-state index in [2.05, 4.69) is 15.9 Å². The first-order chi connectivity index (χ1) is 9.65. The monoisotopic (exact) mass is 338 g/mol. The second-order valence-electron chi connectivity index (χ2n) is 4.53. The third kappa shape index (κ3) is 2.51. The molecule has 2 aromatic carbocycles. The first kappa shape index (κ1) is 13.4. The van der Waals surface area contributed by atoms with Crippen molar-refractivity contribution in [2.24, 2.45) is 0 Å². The van der Waals surface area contributed by atoms with Gasteiger partial charge in [0.15, 0.2) is 0 Å². The molecule has 0 spiro atoms. The summed E-state index contributed by atoms with van der Waals surface area (Å²) in [6.07, 6.45) is -0.573. The fourth-order valence-corrected chi connectivity index (χ4v) is 2.46. The molecule has 0 radical (unpaired) electrons. The van der Waals surface area contributed by atoms with Gasteiger partial charge in [0.25, 0.3) is 0 Å². The van der Waals surface area contributed by atoms with Crippen molar-refractivity contribution in [2.75, 3.05) is 6.61 Å². The average Bonchev–Trinajstić information content (AvgIpc) is 2.82. The summed E-state index contributed by atoms with van der Waals surface area (Å²) in [4.78, 5) is 0. The predicted molar refractivity (Wildman–Crippen MR) is 75.3 cm³/mol. The van der Waals surface area contributed by atoms with E-state index in [0.29, 0.717) is 16.0 Å². The van der Waals surface area contributed by atoms with E-state index >= 15 is 0 Å². The van der Waals surface area contributed by atoms with Crippen LogP contribution in [-0.2, 0) is 6.61 Å². The van der Waals surface area contributed by atoms with E-state index < -0.39 is 6.10 Å². The van der Waals surface area contributed by atoms with Gasteiger partial charge < -0.3 is 14.6 Å². The predicted octanol–water partition coefficient (Wildman–Crippen LogP) is 3.59. The molecule has 3 nitrogen and oxygen atoms in total. The minimum Gasteiger partial charge on any atom is -0.490 e. The van der Waals surface area contributed by atoms with E-state index in [-0.39, 0.29) is 19.0 Å². The molecule has 0 saturated carbocycles. The van der Waals surface area contributed by atoms with Gasteiger partial charge in [0.2, 0.25) is 0 Å². The summed E-state index contributed by atoms with van der Waals surface area (Å²) >= 11 is 3.20. The minimum atomic E-state index is -0.573. The van der Waals surface area contributed by atoms with E-state index in [1.807, 2.05) is 0 Å². The van der Waals surface area contributed by atoms with Crippen molar-refractivity contribution >= 4 is 15.9 Å². The summed E-state index contributed by atoms with van der Waals surface area (Å²) in [5.41, 5.74) is 1.50. The second-order valence-corrected chi connectivity index (χ2v) is 5.32. The van der Waals surface area contributed by atoms with E-state index in [1.165, 1.54) is 6.07 Å². The molecule has 1 unspecified atom stereocenters. The molecule has 3 rings (SSSR count). The topological polar surface area (TPSA) is 38.7 Å². The normalized spacial score (nSPS) is 16.6. The summed E-state index contributed by atoms with van der Waals surface area (Å²) in [7, 11) is 0. The van der Waals surface area contributed by atoms with Crippen LogP contribution in [0, 0.1) is 5.82 Å². The second kappa shape index (κ2) is 5.42. The highest BCUT2D eigenvalue weighted by Crippen LogP contribution is 2.35. The van der Waals surface area contributed by atoms with Crippen molar-refractivity contribution < 1.29 is 19.0 Å².